The van der Waals surface area contributed by atoms with Crippen molar-refractivity contribution in [1.29, 1.82) is 0 Å². The maximum Gasteiger partial charge on any atom is 0.147 e. The number of nitrogens with one attached hydrogen (secondary N) is 1. The molecule has 3 aliphatic rings. The quantitative estimate of drug-likeness (QED) is 0.863. The van der Waals surface area contributed by atoms with Gasteiger partial charge in [-0.1, -0.05) is 6.42 Å². The zero-order valence-electron chi connectivity index (χ0n) is 15.1. The normalized spacial score (nSPS) is 21.8. The lowest BCUT2D eigenvalue weighted by Gasteiger charge is -2.31. The number of fused-ring (bicyclic) bond motifs is 1. The summed E-state index contributed by atoms with van der Waals surface area (Å²) in [5.74, 6) is 3.67. The van der Waals surface area contributed by atoms with Gasteiger partial charge >= 0.3 is 0 Å². The molecule has 2 fully saturated rings. The van der Waals surface area contributed by atoms with Crippen LogP contribution in [0.1, 0.15) is 65.5 Å². The van der Waals surface area contributed by atoms with E-state index in [1.807, 2.05) is 11.3 Å². The van der Waals surface area contributed by atoms with Crippen LogP contribution < -0.4 is 5.32 Å². The summed E-state index contributed by atoms with van der Waals surface area (Å²) in [6.07, 6.45) is 8.58. The maximum absolute atomic E-state index is 4.67. The van der Waals surface area contributed by atoms with Crippen LogP contribution in [0.4, 0.5) is 0 Å². The molecule has 0 unspecified atom stereocenters. The maximum atomic E-state index is 4.67. The van der Waals surface area contributed by atoms with Gasteiger partial charge in [0, 0.05) is 42.5 Å². The third-order valence-corrected chi connectivity index (χ3v) is 7.15. The minimum atomic E-state index is 0. The Kier molecular flexibility index (Phi) is 5.59. The number of nitrogens with zero attached hydrogens (tertiary/aromatic N) is 5. The molecule has 2 aromatic heterocycles. The van der Waals surface area contributed by atoms with E-state index in [1.165, 1.54) is 47.8 Å². The predicted molar refractivity (Wildman–Crippen MR) is 105 cm³/mol. The van der Waals surface area contributed by atoms with Crippen LogP contribution in [-0.2, 0) is 19.6 Å². The van der Waals surface area contributed by atoms with Crippen molar-refractivity contribution in [3.8, 4) is 0 Å². The summed E-state index contributed by atoms with van der Waals surface area (Å²) in [6.45, 7) is 6.29. The van der Waals surface area contributed by atoms with Crippen molar-refractivity contribution in [2.45, 2.75) is 63.6 Å². The number of halogens is 1. The molecule has 0 radical (unpaired) electrons. The van der Waals surface area contributed by atoms with Crippen molar-refractivity contribution in [3.05, 3.63) is 27.7 Å². The highest BCUT2D eigenvalue weighted by Gasteiger charge is 2.28. The highest BCUT2D eigenvalue weighted by molar-refractivity contribution is 7.11. The SMILES string of the molecule is Cl.c1nc(C2CCC2)sc1CN1CCC(c2nnc3n2CCNC3)CC1. The van der Waals surface area contributed by atoms with E-state index in [-0.39, 0.29) is 12.4 Å². The molecule has 0 spiro atoms. The summed E-state index contributed by atoms with van der Waals surface area (Å²) in [5.41, 5.74) is 0. The minimum Gasteiger partial charge on any atom is -0.312 e. The second-order valence-corrected chi connectivity index (χ2v) is 8.79. The Hall–Kier alpha value is -1.02. The standard InChI is InChI=1S/C18H26N6S.ClH/c1-2-14(3-1)18-20-10-15(25-18)12-23-7-4-13(5-8-23)17-22-21-16-11-19-6-9-24(16)17;/h10,13-14,19H,1-9,11-12H2;1H. The molecular formula is C18H27ClN6S. The van der Waals surface area contributed by atoms with E-state index in [9.17, 15) is 0 Å². The van der Waals surface area contributed by atoms with Crippen molar-refractivity contribution in [2.75, 3.05) is 19.6 Å². The van der Waals surface area contributed by atoms with E-state index >= 15 is 0 Å². The van der Waals surface area contributed by atoms with E-state index in [2.05, 4.69) is 36.2 Å². The van der Waals surface area contributed by atoms with Crippen LogP contribution in [0.3, 0.4) is 0 Å². The van der Waals surface area contributed by atoms with E-state index in [4.69, 9.17) is 0 Å². The minimum absolute atomic E-state index is 0. The molecule has 1 saturated carbocycles. The largest absolute Gasteiger partial charge is 0.312 e. The molecular weight excluding hydrogens is 368 g/mol. The summed E-state index contributed by atoms with van der Waals surface area (Å²) in [7, 11) is 0. The van der Waals surface area contributed by atoms with Crippen molar-refractivity contribution in [3.63, 3.8) is 0 Å². The van der Waals surface area contributed by atoms with Gasteiger partial charge in [0.1, 0.15) is 11.6 Å². The topological polar surface area (TPSA) is 58.9 Å². The molecule has 26 heavy (non-hydrogen) atoms. The first kappa shape index (κ1) is 18.3. The van der Waals surface area contributed by atoms with Crippen molar-refractivity contribution < 1.29 is 0 Å². The smallest absolute Gasteiger partial charge is 0.147 e. The van der Waals surface area contributed by atoms with Gasteiger partial charge in [-0.15, -0.1) is 33.9 Å². The lowest BCUT2D eigenvalue weighted by molar-refractivity contribution is 0.201. The number of piperidine rings is 1. The monoisotopic (exact) mass is 394 g/mol. The van der Waals surface area contributed by atoms with Crippen LogP contribution in [0, 0.1) is 0 Å². The third-order valence-electron chi connectivity index (χ3n) is 6.01. The van der Waals surface area contributed by atoms with Crippen LogP contribution in [0.2, 0.25) is 0 Å². The second-order valence-electron chi connectivity index (χ2n) is 7.65. The number of rotatable bonds is 4. The molecule has 1 aliphatic carbocycles. The van der Waals surface area contributed by atoms with Crippen LogP contribution in [0.5, 0.6) is 0 Å². The number of likely N-dealkylation sites (tertiary alicyclic amines) is 1. The molecule has 0 aromatic carbocycles. The summed E-state index contributed by atoms with van der Waals surface area (Å²) < 4.78 is 2.35. The zero-order valence-corrected chi connectivity index (χ0v) is 16.7. The molecule has 1 saturated heterocycles. The molecule has 6 nitrogen and oxygen atoms in total. The first-order valence-electron chi connectivity index (χ1n) is 9.66. The third kappa shape index (κ3) is 3.54. The first-order chi connectivity index (χ1) is 12.4. The summed E-state index contributed by atoms with van der Waals surface area (Å²) in [4.78, 5) is 8.70. The van der Waals surface area contributed by atoms with E-state index < -0.39 is 0 Å². The molecule has 0 amide bonds. The molecule has 2 aliphatic heterocycles. The molecule has 4 heterocycles. The van der Waals surface area contributed by atoms with Gasteiger partial charge in [0.15, 0.2) is 0 Å². The van der Waals surface area contributed by atoms with Crippen molar-refractivity contribution in [1.82, 2.24) is 30.0 Å². The lowest BCUT2D eigenvalue weighted by Crippen LogP contribution is -2.34. The number of aromatic nitrogens is 4. The van der Waals surface area contributed by atoms with Gasteiger partial charge in [0.25, 0.3) is 0 Å². The summed E-state index contributed by atoms with van der Waals surface area (Å²) in [6, 6.07) is 0. The van der Waals surface area contributed by atoms with Gasteiger partial charge in [-0.05, 0) is 38.8 Å². The van der Waals surface area contributed by atoms with E-state index in [0.717, 1.165) is 51.0 Å². The fraction of sp³-hybridized carbons (Fsp3) is 0.722. The molecule has 5 rings (SSSR count). The van der Waals surface area contributed by atoms with Gasteiger partial charge in [0.05, 0.1) is 11.6 Å². The Balaban J connectivity index is 0.00000168. The number of hydrogen-bond acceptors (Lipinski definition) is 6. The van der Waals surface area contributed by atoms with Crippen LogP contribution in [-0.4, -0.2) is 44.3 Å². The van der Waals surface area contributed by atoms with E-state index in [0.29, 0.717) is 5.92 Å². The number of thiazole rings is 1. The van der Waals surface area contributed by atoms with E-state index in [1.54, 1.807) is 0 Å². The highest BCUT2D eigenvalue weighted by Crippen LogP contribution is 2.38. The van der Waals surface area contributed by atoms with Crippen LogP contribution >= 0.6 is 23.7 Å². The Bertz CT molecular complexity index is 732. The summed E-state index contributed by atoms with van der Waals surface area (Å²) in [5, 5.41) is 13.6. The molecule has 2 aromatic rings. The summed E-state index contributed by atoms with van der Waals surface area (Å²) >= 11 is 1.94. The Morgan fingerprint density at radius 3 is 2.69 bits per heavy atom. The van der Waals surface area contributed by atoms with Gasteiger partial charge in [-0.3, -0.25) is 4.90 Å². The van der Waals surface area contributed by atoms with Crippen molar-refractivity contribution in [2.24, 2.45) is 0 Å². The zero-order chi connectivity index (χ0) is 16.6. The number of hydrogen-bond donors (Lipinski definition) is 1. The fourth-order valence-electron chi connectivity index (χ4n) is 4.23. The Labute approximate surface area is 164 Å². The first-order valence-corrected chi connectivity index (χ1v) is 10.5. The van der Waals surface area contributed by atoms with Crippen LogP contribution in [0.15, 0.2) is 6.20 Å². The van der Waals surface area contributed by atoms with Gasteiger partial charge in [-0.25, -0.2) is 4.98 Å². The van der Waals surface area contributed by atoms with Crippen molar-refractivity contribution >= 4 is 23.7 Å². The highest BCUT2D eigenvalue weighted by atomic mass is 35.5. The lowest BCUT2D eigenvalue weighted by atomic mass is 9.86. The Morgan fingerprint density at radius 1 is 1.08 bits per heavy atom. The van der Waals surface area contributed by atoms with Gasteiger partial charge < -0.3 is 9.88 Å². The Morgan fingerprint density at radius 2 is 1.92 bits per heavy atom. The molecule has 8 heteroatoms. The average Bonchev–Trinajstić information content (AvgIpc) is 3.21. The fourth-order valence-corrected chi connectivity index (χ4v) is 5.35. The average molecular weight is 395 g/mol. The van der Waals surface area contributed by atoms with Crippen LogP contribution in [0.25, 0.3) is 0 Å². The second kappa shape index (κ2) is 7.92. The molecule has 142 valence electrons. The van der Waals surface area contributed by atoms with Gasteiger partial charge in [0.2, 0.25) is 0 Å². The molecule has 0 atom stereocenters. The molecule has 0 bridgehead atoms. The van der Waals surface area contributed by atoms with Gasteiger partial charge in [-0.2, -0.15) is 0 Å². The molecule has 1 N–H and O–H groups in total. The predicted octanol–water partition coefficient (Wildman–Crippen LogP) is 2.91.